The predicted molar refractivity (Wildman–Crippen MR) is 82.2 cm³/mol. The third-order valence-corrected chi connectivity index (χ3v) is 4.47. The number of hydrogen-bond acceptors (Lipinski definition) is 3. The first-order chi connectivity index (χ1) is 10.1. The highest BCUT2D eigenvalue weighted by molar-refractivity contribution is 9.10. The molecule has 1 aromatic heterocycles. The van der Waals surface area contributed by atoms with Crippen molar-refractivity contribution in [2.45, 2.75) is 32.7 Å². The van der Waals surface area contributed by atoms with Crippen molar-refractivity contribution in [1.82, 2.24) is 9.78 Å². The van der Waals surface area contributed by atoms with Gasteiger partial charge in [0.05, 0.1) is 23.4 Å². The summed E-state index contributed by atoms with van der Waals surface area (Å²) in [6.45, 7) is 2.51. The van der Waals surface area contributed by atoms with Gasteiger partial charge >= 0.3 is 0 Å². The molecule has 4 nitrogen and oxygen atoms in total. The number of nitrogens with zero attached hydrogens (tertiary/aromatic N) is 3. The van der Waals surface area contributed by atoms with Crippen LogP contribution in [0.4, 0.5) is 0 Å². The highest BCUT2D eigenvalue weighted by Gasteiger charge is 2.24. The molecule has 1 aromatic carbocycles. The molecule has 0 saturated heterocycles. The summed E-state index contributed by atoms with van der Waals surface area (Å²) in [4.78, 5) is 12.0. The van der Waals surface area contributed by atoms with Gasteiger partial charge in [0.15, 0.2) is 5.78 Å². The molecule has 1 aliphatic carbocycles. The number of Topliss-reactive ketones (excluding diaryl/α,β-unsaturated/α-hetero) is 1. The van der Waals surface area contributed by atoms with E-state index in [1.54, 1.807) is 6.07 Å². The molecule has 106 valence electrons. The normalized spacial score (nSPS) is 13.9. The summed E-state index contributed by atoms with van der Waals surface area (Å²) >= 11 is 3.40. The summed E-state index contributed by atoms with van der Waals surface area (Å²) < 4.78 is 2.71. The molecule has 21 heavy (non-hydrogen) atoms. The van der Waals surface area contributed by atoms with Crippen LogP contribution in [0, 0.1) is 18.3 Å². The van der Waals surface area contributed by atoms with Crippen molar-refractivity contribution >= 4 is 21.7 Å². The Kier molecular flexibility index (Phi) is 3.64. The third-order valence-electron chi connectivity index (χ3n) is 3.82. The molecule has 0 bridgehead atoms. The zero-order valence-corrected chi connectivity index (χ0v) is 13.3. The summed E-state index contributed by atoms with van der Waals surface area (Å²) in [5, 5.41) is 13.5. The van der Waals surface area contributed by atoms with Gasteiger partial charge in [-0.25, -0.2) is 0 Å². The largest absolute Gasteiger partial charge is 0.294 e. The zero-order valence-electron chi connectivity index (χ0n) is 11.7. The van der Waals surface area contributed by atoms with E-state index in [1.807, 2.05) is 23.7 Å². The van der Waals surface area contributed by atoms with Gasteiger partial charge < -0.3 is 0 Å². The molecule has 1 heterocycles. The molecule has 3 rings (SSSR count). The van der Waals surface area contributed by atoms with Crippen LogP contribution in [0.5, 0.6) is 0 Å². The van der Waals surface area contributed by atoms with E-state index in [0.717, 1.165) is 39.8 Å². The molecule has 0 saturated carbocycles. The van der Waals surface area contributed by atoms with Crippen molar-refractivity contribution in [2.24, 2.45) is 0 Å². The third kappa shape index (κ3) is 2.52. The van der Waals surface area contributed by atoms with Crippen LogP contribution in [0.15, 0.2) is 22.7 Å². The maximum absolute atomic E-state index is 12.0. The monoisotopic (exact) mass is 343 g/mol. The molecule has 0 aliphatic heterocycles. The van der Waals surface area contributed by atoms with Gasteiger partial charge in [-0.3, -0.25) is 9.48 Å². The minimum absolute atomic E-state index is 0.209. The Hall–Kier alpha value is -1.93. The van der Waals surface area contributed by atoms with Crippen molar-refractivity contribution in [1.29, 1.82) is 5.26 Å². The minimum Gasteiger partial charge on any atom is -0.294 e. The van der Waals surface area contributed by atoms with Gasteiger partial charge in [-0.2, -0.15) is 10.4 Å². The number of nitriles is 1. The smallest absolute Gasteiger partial charge is 0.166 e. The van der Waals surface area contributed by atoms with Gasteiger partial charge in [-0.15, -0.1) is 0 Å². The van der Waals surface area contributed by atoms with E-state index in [9.17, 15) is 4.79 Å². The number of hydrogen-bond donors (Lipinski definition) is 0. The van der Waals surface area contributed by atoms with Crippen molar-refractivity contribution in [2.75, 3.05) is 0 Å². The van der Waals surface area contributed by atoms with Crippen molar-refractivity contribution in [3.63, 3.8) is 0 Å². The number of halogens is 1. The SMILES string of the molecule is Cc1nn(Cc2ccc(C#N)c(Br)c2)c2c1C(=O)CCC2. The fourth-order valence-electron chi connectivity index (χ4n) is 2.84. The van der Waals surface area contributed by atoms with E-state index in [4.69, 9.17) is 5.26 Å². The van der Waals surface area contributed by atoms with Crippen LogP contribution in [-0.4, -0.2) is 15.6 Å². The molecule has 0 N–H and O–H groups in total. The molecule has 0 radical (unpaired) electrons. The Morgan fingerprint density at radius 1 is 1.43 bits per heavy atom. The number of rotatable bonds is 2. The van der Waals surface area contributed by atoms with Gasteiger partial charge in [0.1, 0.15) is 6.07 Å². The van der Waals surface area contributed by atoms with Crippen LogP contribution in [-0.2, 0) is 13.0 Å². The molecule has 0 amide bonds. The Balaban J connectivity index is 1.96. The molecule has 0 atom stereocenters. The van der Waals surface area contributed by atoms with Crippen molar-refractivity contribution in [3.05, 3.63) is 50.8 Å². The fourth-order valence-corrected chi connectivity index (χ4v) is 3.35. The lowest BCUT2D eigenvalue weighted by Crippen LogP contribution is -2.14. The number of carbonyl (C=O) groups is 1. The molecular formula is C16H14BrN3O. The van der Waals surface area contributed by atoms with Gasteiger partial charge in [0, 0.05) is 16.6 Å². The maximum Gasteiger partial charge on any atom is 0.166 e. The number of benzene rings is 1. The lowest BCUT2D eigenvalue weighted by molar-refractivity contribution is 0.0971. The highest BCUT2D eigenvalue weighted by atomic mass is 79.9. The molecule has 0 fully saturated rings. The van der Waals surface area contributed by atoms with E-state index in [0.29, 0.717) is 18.5 Å². The number of ketones is 1. The lowest BCUT2D eigenvalue weighted by Gasteiger charge is -2.13. The lowest BCUT2D eigenvalue weighted by atomic mass is 9.94. The predicted octanol–water partition coefficient (Wildman–Crippen LogP) is 3.39. The average Bonchev–Trinajstić information content (AvgIpc) is 2.77. The van der Waals surface area contributed by atoms with Crippen molar-refractivity contribution in [3.8, 4) is 6.07 Å². The standard InChI is InChI=1S/C16H14BrN3O/c1-10-16-14(3-2-4-15(16)21)20(19-10)9-11-5-6-12(8-18)13(17)7-11/h5-7H,2-4,9H2,1H3. The summed E-state index contributed by atoms with van der Waals surface area (Å²) in [6.07, 6.45) is 2.43. The van der Waals surface area contributed by atoms with E-state index in [-0.39, 0.29) is 5.78 Å². The van der Waals surface area contributed by atoms with Crippen LogP contribution in [0.1, 0.15) is 45.7 Å². The summed E-state index contributed by atoms with van der Waals surface area (Å²) in [6, 6.07) is 7.80. The summed E-state index contributed by atoms with van der Waals surface area (Å²) in [7, 11) is 0. The first kappa shape index (κ1) is 14.0. The minimum atomic E-state index is 0.209. The molecule has 0 spiro atoms. The van der Waals surface area contributed by atoms with Crippen molar-refractivity contribution < 1.29 is 4.79 Å². The first-order valence-corrected chi connectivity index (χ1v) is 7.67. The quantitative estimate of drug-likeness (QED) is 0.839. The van der Waals surface area contributed by atoms with Crippen LogP contribution in [0.3, 0.4) is 0 Å². The Bertz CT molecular complexity index is 771. The first-order valence-electron chi connectivity index (χ1n) is 6.88. The van der Waals surface area contributed by atoms with Crippen LogP contribution >= 0.6 is 15.9 Å². The van der Waals surface area contributed by atoms with E-state index in [1.165, 1.54) is 0 Å². The van der Waals surface area contributed by atoms with Crippen LogP contribution in [0.2, 0.25) is 0 Å². The van der Waals surface area contributed by atoms with Crippen LogP contribution in [0.25, 0.3) is 0 Å². The van der Waals surface area contributed by atoms with E-state index >= 15 is 0 Å². The van der Waals surface area contributed by atoms with Gasteiger partial charge in [0.2, 0.25) is 0 Å². The van der Waals surface area contributed by atoms with Gasteiger partial charge in [-0.05, 0) is 53.4 Å². The second-order valence-corrected chi connectivity index (χ2v) is 6.12. The molecule has 5 heteroatoms. The second-order valence-electron chi connectivity index (χ2n) is 5.27. The van der Waals surface area contributed by atoms with Gasteiger partial charge in [-0.1, -0.05) is 6.07 Å². The summed E-state index contributed by atoms with van der Waals surface area (Å²) in [5.74, 6) is 0.209. The zero-order chi connectivity index (χ0) is 15.0. The number of fused-ring (bicyclic) bond motifs is 1. The van der Waals surface area contributed by atoms with Gasteiger partial charge in [0.25, 0.3) is 0 Å². The number of aryl methyl sites for hydroxylation is 1. The Morgan fingerprint density at radius 3 is 2.95 bits per heavy atom. The highest BCUT2D eigenvalue weighted by Crippen LogP contribution is 2.25. The molecule has 0 unspecified atom stereocenters. The molecule has 2 aromatic rings. The number of carbonyl (C=O) groups excluding carboxylic acids is 1. The van der Waals surface area contributed by atoms with Crippen LogP contribution < -0.4 is 0 Å². The molecule has 1 aliphatic rings. The topological polar surface area (TPSA) is 58.7 Å². The second kappa shape index (κ2) is 5.45. The maximum atomic E-state index is 12.0. The summed E-state index contributed by atoms with van der Waals surface area (Å²) in [5.41, 5.74) is 4.36. The van der Waals surface area contributed by atoms with E-state index < -0.39 is 0 Å². The number of aromatic nitrogens is 2. The van der Waals surface area contributed by atoms with E-state index in [2.05, 4.69) is 27.1 Å². The molecular weight excluding hydrogens is 330 g/mol. The Labute approximate surface area is 131 Å². The fraction of sp³-hybridized carbons (Fsp3) is 0.312. The Morgan fingerprint density at radius 2 is 2.24 bits per heavy atom. The average molecular weight is 344 g/mol.